The number of halogens is 6. The van der Waals surface area contributed by atoms with Crippen molar-refractivity contribution in [3.05, 3.63) is 111 Å². The standard InChI is InChI=1S/C30H25ClF5N5O3/c1-16(42)15-41-25(17(2)23-14-21(32)3-4-24(23)31)26(39-27(41)29(44)38-10-7-18-5-8-37-9-6-18)40-28(43)19-11-20(30(34,35)36)13-22(33)12-19/h3-6,8-9,11-14,17H,7,10,15H2,1-2H3,(H,38,44)(H,40,43)/t17-/m0/s1. The molecular formula is C30H25ClF5N5O3. The van der Waals surface area contributed by atoms with Crippen molar-refractivity contribution in [1.29, 1.82) is 0 Å². The number of carbonyl (C=O) groups excluding carboxylic acids is 3. The third-order valence-corrected chi connectivity index (χ3v) is 6.94. The molecule has 0 aliphatic heterocycles. The topological polar surface area (TPSA) is 106 Å². The molecule has 2 heterocycles. The monoisotopic (exact) mass is 633 g/mol. The van der Waals surface area contributed by atoms with Gasteiger partial charge in [-0.05, 0) is 73.0 Å². The number of rotatable bonds is 10. The van der Waals surface area contributed by atoms with Crippen molar-refractivity contribution >= 4 is 35.0 Å². The first-order chi connectivity index (χ1) is 20.7. The van der Waals surface area contributed by atoms with Gasteiger partial charge in [0.15, 0.2) is 5.82 Å². The molecule has 4 rings (SSSR count). The third kappa shape index (κ3) is 7.64. The van der Waals surface area contributed by atoms with Gasteiger partial charge in [0.25, 0.3) is 11.8 Å². The number of alkyl halides is 3. The Balaban J connectivity index is 1.79. The highest BCUT2D eigenvalue weighted by molar-refractivity contribution is 6.31. The van der Waals surface area contributed by atoms with E-state index in [4.69, 9.17) is 11.6 Å². The minimum atomic E-state index is -4.93. The molecule has 44 heavy (non-hydrogen) atoms. The summed E-state index contributed by atoms with van der Waals surface area (Å²) in [5.41, 5.74) is -0.943. The fourth-order valence-electron chi connectivity index (χ4n) is 4.56. The zero-order valence-electron chi connectivity index (χ0n) is 23.3. The van der Waals surface area contributed by atoms with Crippen LogP contribution in [0.4, 0.5) is 27.8 Å². The van der Waals surface area contributed by atoms with Crippen LogP contribution in [0, 0.1) is 11.6 Å². The molecule has 2 amide bonds. The van der Waals surface area contributed by atoms with Crippen LogP contribution in [0.1, 0.15) is 63.1 Å². The summed E-state index contributed by atoms with van der Waals surface area (Å²) in [7, 11) is 0. The second-order valence-electron chi connectivity index (χ2n) is 9.89. The molecule has 1 atom stereocenters. The number of hydrogen-bond donors (Lipinski definition) is 2. The van der Waals surface area contributed by atoms with Crippen LogP contribution in [0.5, 0.6) is 0 Å². The Morgan fingerprint density at radius 1 is 0.977 bits per heavy atom. The Kier molecular flexibility index (Phi) is 9.78. The molecule has 2 aromatic heterocycles. The minimum Gasteiger partial charge on any atom is -0.349 e. The number of pyridine rings is 1. The maximum Gasteiger partial charge on any atom is 0.416 e. The van der Waals surface area contributed by atoms with Gasteiger partial charge in [0.1, 0.15) is 17.4 Å². The summed E-state index contributed by atoms with van der Waals surface area (Å²) in [6.07, 6.45) is -1.33. The number of ketones is 1. The number of nitrogens with one attached hydrogen (secondary N) is 2. The molecule has 8 nitrogen and oxygen atoms in total. The highest BCUT2D eigenvalue weighted by Gasteiger charge is 2.33. The van der Waals surface area contributed by atoms with Gasteiger partial charge in [0.05, 0.1) is 17.8 Å². The molecule has 230 valence electrons. The number of nitrogens with zero attached hydrogens (tertiary/aromatic N) is 3. The van der Waals surface area contributed by atoms with E-state index in [-0.39, 0.29) is 40.5 Å². The number of benzene rings is 2. The molecular weight excluding hydrogens is 609 g/mol. The summed E-state index contributed by atoms with van der Waals surface area (Å²) < 4.78 is 69.5. The first kappa shape index (κ1) is 32.3. The number of imidazole rings is 1. The fraction of sp³-hybridized carbons (Fsp3) is 0.233. The van der Waals surface area contributed by atoms with Crippen LogP contribution in [0.3, 0.4) is 0 Å². The van der Waals surface area contributed by atoms with E-state index in [1.54, 1.807) is 31.5 Å². The van der Waals surface area contributed by atoms with Gasteiger partial charge >= 0.3 is 6.18 Å². The van der Waals surface area contributed by atoms with E-state index >= 15 is 0 Å². The molecule has 14 heteroatoms. The largest absolute Gasteiger partial charge is 0.416 e. The number of carbonyl (C=O) groups is 3. The molecule has 0 saturated heterocycles. The zero-order valence-corrected chi connectivity index (χ0v) is 24.1. The van der Waals surface area contributed by atoms with Crippen LogP contribution in [0.25, 0.3) is 0 Å². The summed E-state index contributed by atoms with van der Waals surface area (Å²) in [6, 6.07) is 8.38. The molecule has 0 spiro atoms. The molecule has 2 N–H and O–H groups in total. The quantitative estimate of drug-likeness (QED) is 0.203. The van der Waals surface area contributed by atoms with Crippen LogP contribution in [-0.4, -0.2) is 38.7 Å². The summed E-state index contributed by atoms with van der Waals surface area (Å²) in [5.74, 6) is -5.80. The van der Waals surface area contributed by atoms with Crippen molar-refractivity contribution in [1.82, 2.24) is 19.9 Å². The molecule has 0 unspecified atom stereocenters. The predicted molar refractivity (Wildman–Crippen MR) is 151 cm³/mol. The van der Waals surface area contributed by atoms with E-state index in [1.165, 1.54) is 17.6 Å². The second kappa shape index (κ2) is 13.3. The predicted octanol–water partition coefficient (Wildman–Crippen LogP) is 6.19. The van der Waals surface area contributed by atoms with Gasteiger partial charge in [-0.25, -0.2) is 13.8 Å². The number of anilines is 1. The molecule has 0 fully saturated rings. The molecule has 4 aromatic rings. The molecule has 0 radical (unpaired) electrons. The van der Waals surface area contributed by atoms with E-state index in [0.717, 1.165) is 17.7 Å². The highest BCUT2D eigenvalue weighted by atomic mass is 35.5. The van der Waals surface area contributed by atoms with Gasteiger partial charge in [-0.2, -0.15) is 13.2 Å². The van der Waals surface area contributed by atoms with E-state index in [0.29, 0.717) is 18.6 Å². The van der Waals surface area contributed by atoms with Crippen LogP contribution in [0.2, 0.25) is 5.02 Å². The second-order valence-corrected chi connectivity index (χ2v) is 10.3. The van der Waals surface area contributed by atoms with Crippen molar-refractivity contribution in [3.8, 4) is 0 Å². The van der Waals surface area contributed by atoms with E-state index in [9.17, 15) is 36.3 Å². The van der Waals surface area contributed by atoms with Gasteiger partial charge in [-0.15, -0.1) is 0 Å². The van der Waals surface area contributed by atoms with Gasteiger partial charge in [0.2, 0.25) is 5.82 Å². The fourth-order valence-corrected chi connectivity index (χ4v) is 4.84. The molecule has 0 aliphatic carbocycles. The molecule has 0 aliphatic rings. The van der Waals surface area contributed by atoms with Crippen molar-refractivity contribution in [3.63, 3.8) is 0 Å². The first-order valence-corrected chi connectivity index (χ1v) is 13.5. The van der Waals surface area contributed by atoms with Crippen LogP contribution < -0.4 is 10.6 Å². The van der Waals surface area contributed by atoms with Crippen LogP contribution in [0.15, 0.2) is 60.9 Å². The lowest BCUT2D eigenvalue weighted by molar-refractivity contribution is -0.137. The summed E-state index contributed by atoms with van der Waals surface area (Å²) in [6.45, 7) is 2.56. The molecule has 2 aromatic carbocycles. The molecule has 0 saturated carbocycles. The first-order valence-electron chi connectivity index (χ1n) is 13.2. The molecule has 0 bridgehead atoms. The van der Waals surface area contributed by atoms with Crippen molar-refractivity contribution in [2.75, 3.05) is 11.9 Å². The number of aromatic nitrogens is 3. The summed E-state index contributed by atoms with van der Waals surface area (Å²) in [5, 5.41) is 5.16. The van der Waals surface area contributed by atoms with E-state index in [2.05, 4.69) is 20.6 Å². The van der Waals surface area contributed by atoms with Gasteiger partial charge in [-0.1, -0.05) is 18.5 Å². The maximum atomic E-state index is 14.3. The SMILES string of the molecule is CC(=O)Cn1c(C(=O)NCCc2ccncc2)nc(NC(=O)c2cc(F)cc(C(F)(F)F)c2)c1[C@@H](C)c1cc(F)ccc1Cl. The minimum absolute atomic E-state index is 0.0350. The number of hydrogen-bond acceptors (Lipinski definition) is 5. The summed E-state index contributed by atoms with van der Waals surface area (Å²) >= 11 is 6.34. The van der Waals surface area contributed by atoms with Gasteiger partial charge in [-0.3, -0.25) is 19.4 Å². The Morgan fingerprint density at radius 2 is 1.68 bits per heavy atom. The van der Waals surface area contributed by atoms with Gasteiger partial charge in [0, 0.05) is 35.4 Å². The van der Waals surface area contributed by atoms with Gasteiger partial charge < -0.3 is 15.2 Å². The van der Waals surface area contributed by atoms with Crippen LogP contribution >= 0.6 is 11.6 Å². The third-order valence-electron chi connectivity index (χ3n) is 6.59. The Hall–Kier alpha value is -4.65. The number of amides is 2. The lowest BCUT2D eigenvalue weighted by Crippen LogP contribution is -2.30. The van der Waals surface area contributed by atoms with Crippen molar-refractivity contribution in [2.24, 2.45) is 0 Å². The zero-order chi connectivity index (χ0) is 32.2. The average Bonchev–Trinajstić information content (AvgIpc) is 3.30. The normalized spacial score (nSPS) is 12.1. The lowest BCUT2D eigenvalue weighted by Gasteiger charge is -2.19. The Bertz CT molecular complexity index is 1710. The van der Waals surface area contributed by atoms with E-state index in [1.807, 2.05) is 0 Å². The van der Waals surface area contributed by atoms with E-state index < -0.39 is 59.0 Å². The average molecular weight is 634 g/mol. The summed E-state index contributed by atoms with van der Waals surface area (Å²) in [4.78, 5) is 47.0. The van der Waals surface area contributed by atoms with Crippen molar-refractivity contribution < 1.29 is 36.3 Å². The van der Waals surface area contributed by atoms with Crippen molar-refractivity contribution in [2.45, 2.75) is 38.9 Å². The Labute approximate surface area is 253 Å². The number of Topliss-reactive ketones (excluding diaryl/α,β-unsaturated/α-hetero) is 1. The lowest BCUT2D eigenvalue weighted by atomic mass is 9.96. The highest BCUT2D eigenvalue weighted by Crippen LogP contribution is 2.36. The van der Waals surface area contributed by atoms with Crippen LogP contribution in [-0.2, 0) is 23.9 Å². The maximum absolute atomic E-state index is 14.3. The Morgan fingerprint density at radius 3 is 2.34 bits per heavy atom. The smallest absolute Gasteiger partial charge is 0.349 e.